The van der Waals surface area contributed by atoms with Crippen LogP contribution in [-0.2, 0) is 0 Å². The number of nitrogens with zero attached hydrogens (tertiary/aromatic N) is 2. The summed E-state index contributed by atoms with van der Waals surface area (Å²) in [7, 11) is 0. The molecule has 2 aromatic carbocycles. The van der Waals surface area contributed by atoms with E-state index in [1.165, 1.54) is 0 Å². The van der Waals surface area contributed by atoms with Crippen molar-refractivity contribution >= 4 is 27.6 Å². The van der Waals surface area contributed by atoms with Gasteiger partial charge in [-0.25, -0.2) is 0 Å². The van der Waals surface area contributed by atoms with E-state index < -0.39 is 6.02 Å². The van der Waals surface area contributed by atoms with Crippen LogP contribution in [0.5, 0.6) is 0 Å². The molecule has 3 nitrogen and oxygen atoms in total. The summed E-state index contributed by atoms with van der Waals surface area (Å²) in [6.07, 6.45) is 3.90. The Labute approximate surface area is 131 Å². The van der Waals surface area contributed by atoms with Crippen LogP contribution in [0.4, 0.5) is 5.69 Å². The van der Waals surface area contributed by atoms with Crippen molar-refractivity contribution in [2.45, 2.75) is 26.8 Å². The smallest absolute Gasteiger partial charge is 0.159 e. The number of anilines is 1. The molecule has 0 aliphatic carbocycles. The molecule has 0 unspecified atom stereocenters. The lowest BCUT2D eigenvalue weighted by atomic mass is 10.1. The number of fused-ring (bicyclic) bond motifs is 3. The summed E-state index contributed by atoms with van der Waals surface area (Å²) in [6, 6.07) is 11.6. The van der Waals surface area contributed by atoms with E-state index in [1.54, 1.807) is 0 Å². The third kappa shape index (κ3) is 1.89. The van der Waals surface area contributed by atoms with Crippen LogP contribution in [0.25, 0.3) is 21.9 Å². The number of aryl methyl sites for hydroxylation is 1. The fraction of sp³-hybridized carbons (Fsp3) is 0.211. The normalized spacial score (nSPS) is 16.0. The molecule has 0 saturated carbocycles. The topological polar surface area (TPSA) is 19.6 Å². The van der Waals surface area contributed by atoms with Gasteiger partial charge in [-0.15, -0.1) is 0 Å². The molecule has 3 heteroatoms. The summed E-state index contributed by atoms with van der Waals surface area (Å²) < 4.78 is 14.3. The molecule has 22 heavy (non-hydrogen) atoms. The second kappa shape index (κ2) is 4.80. The van der Waals surface area contributed by atoms with Gasteiger partial charge in [0.1, 0.15) is 12.3 Å². The first-order valence-corrected chi connectivity index (χ1v) is 7.46. The van der Waals surface area contributed by atoms with Gasteiger partial charge >= 0.3 is 0 Å². The molecular weight excluding hydrogens is 272 g/mol. The highest BCUT2D eigenvalue weighted by Gasteiger charge is 2.22. The lowest BCUT2D eigenvalue weighted by molar-refractivity contribution is 0.387. The zero-order chi connectivity index (χ0) is 16.2. The Hall–Kier alpha value is -2.42. The summed E-state index contributed by atoms with van der Waals surface area (Å²) in [5.74, 6) is 0. The first-order chi connectivity index (χ1) is 10.9. The first-order valence-electron chi connectivity index (χ1n) is 7.96. The molecule has 4 rings (SSSR count). The second-order valence-corrected chi connectivity index (χ2v) is 5.88. The van der Waals surface area contributed by atoms with E-state index in [-0.39, 0.29) is 0 Å². The maximum absolute atomic E-state index is 8.18. The zero-order valence-corrected chi connectivity index (χ0v) is 13.0. The van der Waals surface area contributed by atoms with Crippen LogP contribution >= 0.6 is 0 Å². The third-order valence-corrected chi connectivity index (χ3v) is 4.13. The highest BCUT2D eigenvalue weighted by atomic mass is 16.3. The third-order valence-electron chi connectivity index (χ3n) is 4.13. The lowest BCUT2D eigenvalue weighted by Gasteiger charge is -2.24. The maximum atomic E-state index is 8.18. The lowest BCUT2D eigenvalue weighted by Crippen LogP contribution is -2.25. The average molecular weight is 292 g/mol. The van der Waals surface area contributed by atoms with Crippen LogP contribution in [0.1, 0.15) is 20.8 Å². The van der Waals surface area contributed by atoms with Crippen LogP contribution in [0, 0.1) is 13.6 Å². The standard InChI is InChI=1S/C19H19N2O/c1-13(2)20-10-11-21(12-20)18-14(3)8-9-16-15-6-4-5-7-17(15)22-19(16)18/h4-13H,1-3H3/i13D. The van der Waals surface area contributed by atoms with Gasteiger partial charge in [0.2, 0.25) is 0 Å². The molecule has 2 heterocycles. The Kier molecular flexibility index (Phi) is 2.65. The quantitative estimate of drug-likeness (QED) is 0.661. The van der Waals surface area contributed by atoms with Gasteiger partial charge in [-0.2, -0.15) is 0 Å². The summed E-state index contributed by atoms with van der Waals surface area (Å²) >= 11 is 0. The Balaban J connectivity index is 1.87. The second-order valence-electron chi connectivity index (χ2n) is 5.88. The molecular formula is C19H19N2O. The fourth-order valence-electron chi connectivity index (χ4n) is 2.95. The Morgan fingerprint density at radius 2 is 1.86 bits per heavy atom. The minimum atomic E-state index is -0.694. The molecule has 1 radical (unpaired) electrons. The van der Waals surface area contributed by atoms with E-state index in [0.717, 1.165) is 33.2 Å². The van der Waals surface area contributed by atoms with Crippen molar-refractivity contribution in [3.8, 4) is 0 Å². The Morgan fingerprint density at radius 1 is 1.05 bits per heavy atom. The fourth-order valence-corrected chi connectivity index (χ4v) is 2.95. The SMILES string of the molecule is [2H]C(C)(C)N1[CH]N(c2c(C)ccc3c2oc2ccccc23)C=C1. The van der Waals surface area contributed by atoms with Crippen LogP contribution < -0.4 is 4.90 Å². The van der Waals surface area contributed by atoms with E-state index in [9.17, 15) is 0 Å². The molecule has 0 N–H and O–H groups in total. The van der Waals surface area contributed by atoms with Gasteiger partial charge in [0.25, 0.3) is 0 Å². The molecule has 111 valence electrons. The van der Waals surface area contributed by atoms with Crippen molar-refractivity contribution in [3.05, 3.63) is 61.0 Å². The summed E-state index contributed by atoms with van der Waals surface area (Å²) in [5.41, 5.74) is 3.95. The van der Waals surface area contributed by atoms with E-state index in [4.69, 9.17) is 5.79 Å². The number of para-hydroxylation sites is 1. The van der Waals surface area contributed by atoms with Gasteiger partial charge in [0, 0.05) is 29.2 Å². The summed E-state index contributed by atoms with van der Waals surface area (Å²) in [5, 5.41) is 2.25. The molecule has 1 aliphatic heterocycles. The molecule has 0 bridgehead atoms. The highest BCUT2D eigenvalue weighted by molar-refractivity contribution is 6.09. The van der Waals surface area contributed by atoms with Gasteiger partial charge in [-0.05, 0) is 32.4 Å². The molecule has 0 spiro atoms. The summed E-state index contributed by atoms with van der Waals surface area (Å²) in [4.78, 5) is 3.92. The Morgan fingerprint density at radius 3 is 2.64 bits per heavy atom. The zero-order valence-electron chi connectivity index (χ0n) is 14.0. The minimum absolute atomic E-state index is 0.694. The van der Waals surface area contributed by atoms with Crippen LogP contribution in [0.2, 0.25) is 0 Å². The van der Waals surface area contributed by atoms with Crippen LogP contribution in [0.15, 0.2) is 53.2 Å². The van der Waals surface area contributed by atoms with Crippen molar-refractivity contribution in [2.75, 3.05) is 4.90 Å². The largest absolute Gasteiger partial charge is 0.454 e. The summed E-state index contributed by atoms with van der Waals surface area (Å²) in [6.45, 7) is 7.76. The van der Waals surface area contributed by atoms with Gasteiger partial charge in [-0.1, -0.05) is 30.3 Å². The minimum Gasteiger partial charge on any atom is -0.454 e. The monoisotopic (exact) mass is 292 g/mol. The molecule has 0 amide bonds. The number of rotatable bonds is 2. The van der Waals surface area contributed by atoms with E-state index in [1.807, 2.05) is 60.9 Å². The molecule has 1 aliphatic rings. The van der Waals surface area contributed by atoms with Gasteiger partial charge in [-0.3, -0.25) is 0 Å². The number of furan rings is 1. The molecule has 1 aromatic heterocycles. The molecule has 0 fully saturated rings. The van der Waals surface area contributed by atoms with E-state index in [2.05, 4.69) is 25.1 Å². The predicted octanol–water partition coefficient (Wildman–Crippen LogP) is 5.02. The van der Waals surface area contributed by atoms with Crippen molar-refractivity contribution in [1.82, 2.24) is 4.90 Å². The van der Waals surface area contributed by atoms with Crippen molar-refractivity contribution < 1.29 is 5.79 Å². The van der Waals surface area contributed by atoms with Gasteiger partial charge < -0.3 is 14.2 Å². The van der Waals surface area contributed by atoms with E-state index in [0.29, 0.717) is 0 Å². The van der Waals surface area contributed by atoms with Crippen molar-refractivity contribution in [1.29, 1.82) is 0 Å². The first kappa shape index (κ1) is 12.2. The van der Waals surface area contributed by atoms with E-state index >= 15 is 0 Å². The average Bonchev–Trinajstić information content (AvgIpc) is 3.10. The van der Waals surface area contributed by atoms with Crippen molar-refractivity contribution in [3.63, 3.8) is 0 Å². The number of hydrogen-bond donors (Lipinski definition) is 0. The van der Waals surface area contributed by atoms with Crippen LogP contribution in [0.3, 0.4) is 0 Å². The molecule has 3 aromatic rings. The number of hydrogen-bond acceptors (Lipinski definition) is 3. The van der Waals surface area contributed by atoms with Gasteiger partial charge in [0.15, 0.2) is 5.58 Å². The number of benzene rings is 2. The molecule has 0 saturated heterocycles. The predicted molar refractivity (Wildman–Crippen MR) is 91.4 cm³/mol. The Bertz CT molecular complexity index is 920. The maximum Gasteiger partial charge on any atom is 0.159 e. The van der Waals surface area contributed by atoms with Crippen molar-refractivity contribution in [2.24, 2.45) is 0 Å². The molecule has 0 atom stereocenters. The highest BCUT2D eigenvalue weighted by Crippen LogP contribution is 2.39. The van der Waals surface area contributed by atoms with Crippen LogP contribution in [-0.4, -0.2) is 10.9 Å². The van der Waals surface area contributed by atoms with Gasteiger partial charge in [0.05, 0.1) is 7.06 Å².